The summed E-state index contributed by atoms with van der Waals surface area (Å²) in [7, 11) is 0. The van der Waals surface area contributed by atoms with Crippen molar-refractivity contribution in [2.45, 2.75) is 72.5 Å². The van der Waals surface area contributed by atoms with Gasteiger partial charge >= 0.3 is 0 Å². The van der Waals surface area contributed by atoms with E-state index in [-0.39, 0.29) is 18.3 Å². The summed E-state index contributed by atoms with van der Waals surface area (Å²) in [6.45, 7) is 11.1. The molecule has 1 N–H and O–H groups in total. The van der Waals surface area contributed by atoms with Crippen molar-refractivity contribution in [3.05, 3.63) is 94.3 Å². The highest BCUT2D eigenvalue weighted by atomic mass is 19.1. The van der Waals surface area contributed by atoms with E-state index < -0.39 is 0 Å². The van der Waals surface area contributed by atoms with Gasteiger partial charge in [0.15, 0.2) is 0 Å². The van der Waals surface area contributed by atoms with Crippen molar-refractivity contribution in [3.63, 3.8) is 0 Å². The number of aliphatic hydroxyl groups excluding tert-OH is 1. The minimum absolute atomic E-state index is 0.0919. The molecule has 0 radical (unpaired) electrons. The molecule has 0 bridgehead atoms. The third-order valence-electron chi connectivity index (χ3n) is 6.13. The summed E-state index contributed by atoms with van der Waals surface area (Å²) < 4.78 is 20.6. The van der Waals surface area contributed by atoms with E-state index in [9.17, 15) is 9.50 Å². The zero-order valence-electron chi connectivity index (χ0n) is 21.1. The van der Waals surface area contributed by atoms with E-state index in [4.69, 9.17) is 4.74 Å². The first-order valence-corrected chi connectivity index (χ1v) is 12.3. The first-order chi connectivity index (χ1) is 16.4. The van der Waals surface area contributed by atoms with Gasteiger partial charge < -0.3 is 9.84 Å². The van der Waals surface area contributed by atoms with Crippen molar-refractivity contribution in [2.24, 2.45) is 0 Å². The summed E-state index contributed by atoms with van der Waals surface area (Å²) in [4.78, 5) is 0. The summed E-state index contributed by atoms with van der Waals surface area (Å²) in [6.07, 6.45) is 6.39. The Morgan fingerprint density at radius 3 is 2.26 bits per heavy atom. The molecule has 0 fully saturated rings. The number of allylic oxidation sites excluding steroid dienone is 1. The van der Waals surface area contributed by atoms with Crippen molar-refractivity contribution in [1.29, 1.82) is 0 Å². The average Bonchev–Trinajstić information content (AvgIpc) is 2.82. The largest absolute Gasteiger partial charge is 0.488 e. The second-order valence-corrected chi connectivity index (χ2v) is 9.40. The van der Waals surface area contributed by atoms with E-state index in [0.717, 1.165) is 46.2 Å². The number of ether oxygens (including phenoxy) is 1. The topological polar surface area (TPSA) is 29.5 Å². The van der Waals surface area contributed by atoms with Crippen LogP contribution in [0.4, 0.5) is 4.39 Å². The van der Waals surface area contributed by atoms with Crippen LogP contribution in [0.5, 0.6) is 5.75 Å². The molecule has 0 aliphatic carbocycles. The third-order valence-corrected chi connectivity index (χ3v) is 6.13. The Balaban J connectivity index is 2.28. The number of aliphatic hydroxyl groups is 1. The summed E-state index contributed by atoms with van der Waals surface area (Å²) in [5, 5.41) is 10.5. The normalized spacial score (nSPS) is 11.7. The lowest BCUT2D eigenvalue weighted by Crippen LogP contribution is -2.08. The van der Waals surface area contributed by atoms with E-state index in [1.165, 1.54) is 17.7 Å². The Bertz CT molecular complexity index is 1110. The minimum Gasteiger partial charge on any atom is -0.488 e. The number of rotatable bonds is 10. The van der Waals surface area contributed by atoms with Gasteiger partial charge in [0.2, 0.25) is 0 Å². The van der Waals surface area contributed by atoms with Crippen LogP contribution in [0.25, 0.3) is 17.2 Å². The summed E-state index contributed by atoms with van der Waals surface area (Å²) in [5.74, 6) is 0.671. The van der Waals surface area contributed by atoms with Crippen LogP contribution in [-0.4, -0.2) is 5.11 Å². The Morgan fingerprint density at radius 1 is 0.941 bits per heavy atom. The van der Waals surface area contributed by atoms with Gasteiger partial charge in [0.05, 0.1) is 6.61 Å². The lowest BCUT2D eigenvalue weighted by atomic mass is 9.81. The molecule has 0 aromatic heterocycles. The van der Waals surface area contributed by atoms with Crippen LogP contribution in [0.1, 0.15) is 87.1 Å². The molecule has 3 rings (SSSR count). The second kappa shape index (κ2) is 12.0. The van der Waals surface area contributed by atoms with E-state index in [1.54, 1.807) is 6.07 Å². The van der Waals surface area contributed by atoms with Gasteiger partial charge in [-0.2, -0.15) is 0 Å². The van der Waals surface area contributed by atoms with E-state index in [0.29, 0.717) is 18.3 Å². The predicted molar refractivity (Wildman–Crippen MR) is 141 cm³/mol. The van der Waals surface area contributed by atoms with Gasteiger partial charge in [-0.15, -0.1) is 0 Å². The van der Waals surface area contributed by atoms with E-state index in [2.05, 4.69) is 52.8 Å². The first kappa shape index (κ1) is 25.7. The highest BCUT2D eigenvalue weighted by Crippen LogP contribution is 2.43. The molecule has 0 aliphatic heterocycles. The standard InChI is InChI=1S/C31H37FO2/c1-6-7-9-14-25-27(21(2)3)18-28(22(4)5)29(19-33)31(25)26-16-15-24(32)17-30(26)34-20-23-12-10-8-11-13-23/h8-18,21-22,33H,6-7,19-20H2,1-5H3. The van der Waals surface area contributed by atoms with Crippen molar-refractivity contribution in [2.75, 3.05) is 0 Å². The molecule has 0 amide bonds. The van der Waals surface area contributed by atoms with Crippen LogP contribution in [0.2, 0.25) is 0 Å². The number of benzene rings is 3. The molecule has 0 aliphatic rings. The molecule has 3 aromatic rings. The van der Waals surface area contributed by atoms with E-state index >= 15 is 0 Å². The fraction of sp³-hybridized carbons (Fsp3) is 0.355. The van der Waals surface area contributed by atoms with Gasteiger partial charge in [0, 0.05) is 11.6 Å². The maximum absolute atomic E-state index is 14.4. The van der Waals surface area contributed by atoms with Gasteiger partial charge in [-0.05, 0) is 63.8 Å². The number of unbranched alkanes of at least 4 members (excludes halogenated alkanes) is 1. The highest BCUT2D eigenvalue weighted by Gasteiger charge is 2.23. The van der Waals surface area contributed by atoms with Crippen molar-refractivity contribution in [3.8, 4) is 16.9 Å². The summed E-state index contributed by atoms with van der Waals surface area (Å²) in [5.41, 5.74) is 7.06. The third kappa shape index (κ3) is 5.95. The molecule has 3 aromatic carbocycles. The van der Waals surface area contributed by atoms with Crippen LogP contribution in [0.15, 0.2) is 60.7 Å². The molecule has 0 heterocycles. The predicted octanol–water partition coefficient (Wildman–Crippen LogP) is 8.62. The van der Waals surface area contributed by atoms with Gasteiger partial charge in [0.1, 0.15) is 18.2 Å². The second-order valence-electron chi connectivity index (χ2n) is 9.40. The van der Waals surface area contributed by atoms with Crippen molar-refractivity contribution < 1.29 is 14.2 Å². The Kier molecular flexibility index (Phi) is 9.06. The zero-order valence-corrected chi connectivity index (χ0v) is 21.1. The fourth-order valence-corrected chi connectivity index (χ4v) is 4.36. The molecule has 0 unspecified atom stereocenters. The fourth-order valence-electron chi connectivity index (χ4n) is 4.36. The quantitative estimate of drug-likeness (QED) is 0.328. The molecule has 0 spiro atoms. The highest BCUT2D eigenvalue weighted by molar-refractivity contribution is 5.84. The van der Waals surface area contributed by atoms with Gasteiger partial charge in [0.25, 0.3) is 0 Å². The lowest BCUT2D eigenvalue weighted by molar-refractivity contribution is 0.280. The molecule has 34 heavy (non-hydrogen) atoms. The van der Waals surface area contributed by atoms with Gasteiger partial charge in [-0.1, -0.05) is 89.6 Å². The molecule has 0 saturated carbocycles. The maximum atomic E-state index is 14.4. The van der Waals surface area contributed by atoms with Crippen molar-refractivity contribution in [1.82, 2.24) is 0 Å². The molecule has 0 atom stereocenters. The number of hydrogen-bond donors (Lipinski definition) is 1. The monoisotopic (exact) mass is 460 g/mol. The van der Waals surface area contributed by atoms with Crippen molar-refractivity contribution >= 4 is 6.08 Å². The van der Waals surface area contributed by atoms with Crippen LogP contribution in [0, 0.1) is 5.82 Å². The molecule has 0 saturated heterocycles. The molecule has 180 valence electrons. The molecular weight excluding hydrogens is 423 g/mol. The smallest absolute Gasteiger partial charge is 0.130 e. The lowest BCUT2D eigenvalue weighted by Gasteiger charge is -2.25. The Hall–Kier alpha value is -2.91. The number of halogens is 1. The molecular formula is C31H37FO2. The van der Waals surface area contributed by atoms with Crippen LogP contribution >= 0.6 is 0 Å². The van der Waals surface area contributed by atoms with Gasteiger partial charge in [-0.25, -0.2) is 4.39 Å². The maximum Gasteiger partial charge on any atom is 0.130 e. The van der Waals surface area contributed by atoms with Gasteiger partial charge in [-0.3, -0.25) is 0 Å². The number of hydrogen-bond acceptors (Lipinski definition) is 2. The Labute approximate surface area is 204 Å². The first-order valence-electron chi connectivity index (χ1n) is 12.3. The van der Waals surface area contributed by atoms with Crippen LogP contribution in [-0.2, 0) is 13.2 Å². The van der Waals surface area contributed by atoms with Crippen LogP contribution < -0.4 is 4.74 Å². The minimum atomic E-state index is -0.343. The molecule has 2 nitrogen and oxygen atoms in total. The SMILES string of the molecule is CCCC=Cc1c(C(C)C)cc(C(C)C)c(CO)c1-c1ccc(F)cc1OCc1ccccc1. The summed E-state index contributed by atoms with van der Waals surface area (Å²) >= 11 is 0. The van der Waals surface area contributed by atoms with Crippen LogP contribution in [0.3, 0.4) is 0 Å². The summed E-state index contributed by atoms with van der Waals surface area (Å²) in [6, 6.07) is 16.8. The van der Waals surface area contributed by atoms with E-state index in [1.807, 2.05) is 30.3 Å². The average molecular weight is 461 g/mol. The molecule has 3 heteroatoms. The Morgan fingerprint density at radius 2 is 1.65 bits per heavy atom. The zero-order chi connectivity index (χ0) is 24.7.